The highest BCUT2D eigenvalue weighted by Crippen LogP contribution is 2.32. The Hall–Kier alpha value is -0.440. The second kappa shape index (κ2) is 7.80. The minimum absolute atomic E-state index is 0.184. The molecule has 0 spiro atoms. The minimum atomic E-state index is 0.184. The molecular weight excluding hydrogens is 257 g/mol. The molecule has 0 aliphatic heterocycles. The summed E-state index contributed by atoms with van der Waals surface area (Å²) in [5.74, 6) is 0.675. The maximum atomic E-state index is 6.10. The molecule has 1 rings (SSSR count). The third-order valence-corrected chi connectivity index (χ3v) is 3.34. The summed E-state index contributed by atoms with van der Waals surface area (Å²) in [7, 11) is 1.94. The third-order valence-electron chi connectivity index (χ3n) is 2.54. The van der Waals surface area contributed by atoms with Crippen molar-refractivity contribution in [2.45, 2.75) is 32.3 Å². The van der Waals surface area contributed by atoms with E-state index < -0.39 is 0 Å². The summed E-state index contributed by atoms with van der Waals surface area (Å²) in [5, 5.41) is 4.16. The first-order chi connectivity index (χ1) is 8.19. The van der Waals surface area contributed by atoms with E-state index in [-0.39, 0.29) is 6.10 Å². The summed E-state index contributed by atoms with van der Waals surface area (Å²) < 4.78 is 5.91. The lowest BCUT2D eigenvalue weighted by atomic mass is 10.1. The van der Waals surface area contributed by atoms with E-state index in [1.54, 1.807) is 6.07 Å². The summed E-state index contributed by atoms with van der Waals surface area (Å²) in [4.78, 5) is 0. The number of rotatable bonds is 7. The maximum absolute atomic E-state index is 6.10. The minimum Gasteiger partial charge on any atom is -0.489 e. The van der Waals surface area contributed by atoms with Crippen molar-refractivity contribution in [2.75, 3.05) is 13.6 Å². The van der Waals surface area contributed by atoms with Gasteiger partial charge in [0, 0.05) is 0 Å². The molecule has 2 nitrogen and oxygen atoms in total. The molecule has 0 amide bonds. The zero-order valence-corrected chi connectivity index (χ0v) is 11.8. The van der Waals surface area contributed by atoms with Crippen molar-refractivity contribution in [1.29, 1.82) is 0 Å². The molecule has 0 unspecified atom stereocenters. The van der Waals surface area contributed by atoms with Crippen LogP contribution in [-0.2, 0) is 0 Å². The van der Waals surface area contributed by atoms with Crippen LogP contribution < -0.4 is 10.1 Å². The smallest absolute Gasteiger partial charge is 0.139 e. The van der Waals surface area contributed by atoms with Gasteiger partial charge in [0.2, 0.25) is 0 Å². The van der Waals surface area contributed by atoms with E-state index in [0.29, 0.717) is 15.8 Å². The number of halogens is 2. The second-order valence-corrected chi connectivity index (χ2v) is 4.76. The molecule has 0 fully saturated rings. The van der Waals surface area contributed by atoms with Crippen molar-refractivity contribution in [1.82, 2.24) is 5.32 Å². The Labute approximate surface area is 113 Å². The molecule has 0 bridgehead atoms. The van der Waals surface area contributed by atoms with E-state index in [9.17, 15) is 0 Å². The highest BCUT2D eigenvalue weighted by atomic mass is 35.5. The van der Waals surface area contributed by atoms with Gasteiger partial charge in [0.15, 0.2) is 0 Å². The quantitative estimate of drug-likeness (QED) is 0.807. The Morgan fingerprint density at radius 1 is 1.29 bits per heavy atom. The lowest BCUT2D eigenvalue weighted by Crippen LogP contribution is -2.22. The van der Waals surface area contributed by atoms with E-state index in [2.05, 4.69) is 12.2 Å². The Bertz CT molecular complexity index is 344. The summed E-state index contributed by atoms with van der Waals surface area (Å²) in [6, 6.07) is 5.47. The molecule has 0 saturated heterocycles. The zero-order valence-electron chi connectivity index (χ0n) is 10.3. The number of ether oxygens (including phenoxy) is 1. The van der Waals surface area contributed by atoms with Crippen molar-refractivity contribution in [3.63, 3.8) is 0 Å². The summed E-state index contributed by atoms with van der Waals surface area (Å²) in [6.45, 7) is 3.08. The summed E-state index contributed by atoms with van der Waals surface area (Å²) in [5.41, 5.74) is 0. The largest absolute Gasteiger partial charge is 0.489 e. The molecular formula is C13H19Cl2NO. The van der Waals surface area contributed by atoms with Gasteiger partial charge in [0.25, 0.3) is 0 Å². The SMILES string of the molecule is CCC[C@H](CCNC)Oc1cccc(Cl)c1Cl. The van der Waals surface area contributed by atoms with E-state index in [0.717, 1.165) is 25.8 Å². The van der Waals surface area contributed by atoms with Crippen LogP contribution in [0.4, 0.5) is 0 Å². The molecule has 1 aromatic carbocycles. The van der Waals surface area contributed by atoms with Crippen LogP contribution in [0.2, 0.25) is 10.0 Å². The first-order valence-electron chi connectivity index (χ1n) is 5.94. The molecule has 0 aliphatic rings. The van der Waals surface area contributed by atoms with Crippen molar-refractivity contribution >= 4 is 23.2 Å². The van der Waals surface area contributed by atoms with Gasteiger partial charge in [-0.3, -0.25) is 0 Å². The average Bonchev–Trinajstić information content (AvgIpc) is 2.32. The number of benzene rings is 1. The molecule has 0 aromatic heterocycles. The molecule has 1 N–H and O–H groups in total. The highest BCUT2D eigenvalue weighted by Gasteiger charge is 2.12. The van der Waals surface area contributed by atoms with Gasteiger partial charge in [0.1, 0.15) is 10.8 Å². The molecule has 0 heterocycles. The van der Waals surface area contributed by atoms with Gasteiger partial charge in [-0.2, -0.15) is 0 Å². The van der Waals surface area contributed by atoms with Gasteiger partial charge in [-0.1, -0.05) is 42.6 Å². The van der Waals surface area contributed by atoms with Crippen LogP contribution in [0.5, 0.6) is 5.75 Å². The summed E-state index contributed by atoms with van der Waals surface area (Å²) >= 11 is 12.1. The Morgan fingerprint density at radius 3 is 2.71 bits per heavy atom. The molecule has 4 heteroatoms. The van der Waals surface area contributed by atoms with Crippen LogP contribution in [0, 0.1) is 0 Å². The number of nitrogens with one attached hydrogen (secondary N) is 1. The van der Waals surface area contributed by atoms with Gasteiger partial charge < -0.3 is 10.1 Å². The standard InChI is InChI=1S/C13H19Cl2NO/c1-3-5-10(8-9-16-2)17-12-7-4-6-11(14)13(12)15/h4,6-7,10,16H,3,5,8-9H2,1-2H3/t10-/m1/s1. The van der Waals surface area contributed by atoms with E-state index in [1.807, 2.05) is 19.2 Å². The van der Waals surface area contributed by atoms with E-state index in [1.165, 1.54) is 0 Å². The first-order valence-corrected chi connectivity index (χ1v) is 6.69. The van der Waals surface area contributed by atoms with Crippen molar-refractivity contribution in [2.24, 2.45) is 0 Å². The predicted molar refractivity (Wildman–Crippen MR) is 74.3 cm³/mol. The van der Waals surface area contributed by atoms with Crippen LogP contribution >= 0.6 is 23.2 Å². The Balaban J connectivity index is 2.67. The molecule has 17 heavy (non-hydrogen) atoms. The van der Waals surface area contributed by atoms with Gasteiger partial charge in [-0.05, 0) is 38.6 Å². The molecule has 96 valence electrons. The fraction of sp³-hybridized carbons (Fsp3) is 0.538. The molecule has 0 saturated carbocycles. The fourth-order valence-electron chi connectivity index (χ4n) is 1.64. The lowest BCUT2D eigenvalue weighted by molar-refractivity contribution is 0.180. The average molecular weight is 276 g/mol. The molecule has 1 aromatic rings. The summed E-state index contributed by atoms with van der Waals surface area (Å²) in [6.07, 6.45) is 3.26. The van der Waals surface area contributed by atoms with Crippen LogP contribution in [0.1, 0.15) is 26.2 Å². The molecule has 0 radical (unpaired) electrons. The normalized spacial score (nSPS) is 12.5. The zero-order chi connectivity index (χ0) is 12.7. The Morgan fingerprint density at radius 2 is 2.06 bits per heavy atom. The first kappa shape index (κ1) is 14.6. The van der Waals surface area contributed by atoms with Gasteiger partial charge in [-0.25, -0.2) is 0 Å². The van der Waals surface area contributed by atoms with Crippen molar-refractivity contribution < 1.29 is 4.74 Å². The van der Waals surface area contributed by atoms with Gasteiger partial charge >= 0.3 is 0 Å². The topological polar surface area (TPSA) is 21.3 Å². The third kappa shape index (κ3) is 4.74. The molecule has 0 aliphatic carbocycles. The number of hydrogen-bond acceptors (Lipinski definition) is 2. The van der Waals surface area contributed by atoms with Crippen LogP contribution in [0.15, 0.2) is 18.2 Å². The maximum Gasteiger partial charge on any atom is 0.139 e. The van der Waals surface area contributed by atoms with Gasteiger partial charge in [0.05, 0.1) is 11.1 Å². The lowest BCUT2D eigenvalue weighted by Gasteiger charge is -2.19. The van der Waals surface area contributed by atoms with Crippen molar-refractivity contribution in [3.8, 4) is 5.75 Å². The van der Waals surface area contributed by atoms with Crippen LogP contribution in [0.3, 0.4) is 0 Å². The highest BCUT2D eigenvalue weighted by molar-refractivity contribution is 6.42. The van der Waals surface area contributed by atoms with Gasteiger partial charge in [-0.15, -0.1) is 0 Å². The number of hydrogen-bond donors (Lipinski definition) is 1. The fourth-order valence-corrected chi connectivity index (χ4v) is 1.98. The van der Waals surface area contributed by atoms with E-state index >= 15 is 0 Å². The van der Waals surface area contributed by atoms with E-state index in [4.69, 9.17) is 27.9 Å². The molecule has 1 atom stereocenters. The monoisotopic (exact) mass is 275 g/mol. The second-order valence-electron chi connectivity index (χ2n) is 3.97. The Kier molecular flexibility index (Phi) is 6.71. The van der Waals surface area contributed by atoms with Crippen molar-refractivity contribution in [3.05, 3.63) is 28.2 Å². The predicted octanol–water partition coefficient (Wildman–Crippen LogP) is 4.15. The van der Waals surface area contributed by atoms with Crippen LogP contribution in [0.25, 0.3) is 0 Å². The van der Waals surface area contributed by atoms with Crippen LogP contribution in [-0.4, -0.2) is 19.7 Å².